The van der Waals surface area contributed by atoms with E-state index in [0.717, 1.165) is 0 Å². The van der Waals surface area contributed by atoms with Crippen LogP contribution in [-0.2, 0) is 9.59 Å². The van der Waals surface area contributed by atoms with E-state index in [1.54, 1.807) is 29.2 Å². The van der Waals surface area contributed by atoms with Crippen molar-refractivity contribution >= 4 is 40.7 Å². The molecule has 0 atom stereocenters. The van der Waals surface area contributed by atoms with Crippen molar-refractivity contribution in [3.8, 4) is 0 Å². The number of nitrogens with zero attached hydrogens (tertiary/aromatic N) is 1. The number of benzene rings is 1. The van der Waals surface area contributed by atoms with Crippen LogP contribution in [0.25, 0.3) is 0 Å². The molecular weight excluding hydrogens is 392 g/mol. The van der Waals surface area contributed by atoms with Crippen LogP contribution in [-0.4, -0.2) is 48.2 Å². The highest BCUT2D eigenvalue weighted by Gasteiger charge is 2.14. The van der Waals surface area contributed by atoms with E-state index in [9.17, 15) is 19.2 Å². The van der Waals surface area contributed by atoms with Gasteiger partial charge in [-0.3, -0.25) is 19.2 Å². The number of hydrogen-bond acceptors (Lipinski definition) is 5. The molecule has 0 unspecified atom stereocenters. The first-order chi connectivity index (χ1) is 13.9. The van der Waals surface area contributed by atoms with Crippen LogP contribution in [0.1, 0.15) is 39.8 Å². The van der Waals surface area contributed by atoms with Crippen molar-refractivity contribution in [3.05, 3.63) is 52.2 Å². The fourth-order valence-electron chi connectivity index (χ4n) is 2.57. The number of nitrogens with two attached hydrogens (primary N) is 1. The summed E-state index contributed by atoms with van der Waals surface area (Å²) in [5.74, 6) is -1.10. The summed E-state index contributed by atoms with van der Waals surface area (Å²) in [6.07, 6.45) is 0.305. The summed E-state index contributed by atoms with van der Waals surface area (Å²) in [6, 6.07) is 9.77. The lowest BCUT2D eigenvalue weighted by Crippen LogP contribution is -2.36. The first kappa shape index (κ1) is 22.1. The molecule has 0 radical (unpaired) electrons. The molecule has 4 N–H and O–H groups in total. The van der Waals surface area contributed by atoms with Crippen molar-refractivity contribution in [1.29, 1.82) is 0 Å². The highest BCUT2D eigenvalue weighted by atomic mass is 32.1. The van der Waals surface area contributed by atoms with Gasteiger partial charge in [-0.2, -0.15) is 0 Å². The molecule has 1 heterocycles. The molecule has 9 heteroatoms. The molecule has 0 aliphatic carbocycles. The Morgan fingerprint density at radius 1 is 1.07 bits per heavy atom. The van der Waals surface area contributed by atoms with Gasteiger partial charge in [-0.1, -0.05) is 6.07 Å². The maximum Gasteiger partial charge on any atom is 0.261 e. The molecule has 8 nitrogen and oxygen atoms in total. The van der Waals surface area contributed by atoms with Crippen molar-refractivity contribution < 1.29 is 19.2 Å². The monoisotopic (exact) mass is 416 g/mol. The number of carbonyl (C=O) groups is 4. The molecule has 0 aliphatic rings. The number of rotatable bonds is 10. The van der Waals surface area contributed by atoms with Gasteiger partial charge >= 0.3 is 0 Å². The van der Waals surface area contributed by atoms with E-state index in [4.69, 9.17) is 5.73 Å². The molecule has 0 saturated carbocycles. The third-order valence-electron chi connectivity index (χ3n) is 4.17. The van der Waals surface area contributed by atoms with Crippen LogP contribution in [0.3, 0.4) is 0 Å². The smallest absolute Gasteiger partial charge is 0.261 e. The van der Waals surface area contributed by atoms with Crippen LogP contribution in [0.4, 0.5) is 5.69 Å². The molecule has 1 aromatic carbocycles. The van der Waals surface area contributed by atoms with E-state index >= 15 is 0 Å². The number of primary amides is 1. The summed E-state index contributed by atoms with van der Waals surface area (Å²) in [6.45, 7) is 2.82. The van der Waals surface area contributed by atoms with Crippen LogP contribution < -0.4 is 16.4 Å². The summed E-state index contributed by atoms with van der Waals surface area (Å²) in [5, 5.41) is 7.25. The van der Waals surface area contributed by atoms with Crippen molar-refractivity contribution in [1.82, 2.24) is 10.2 Å². The van der Waals surface area contributed by atoms with E-state index in [1.807, 2.05) is 12.3 Å². The first-order valence-electron chi connectivity index (χ1n) is 9.20. The second-order valence-electron chi connectivity index (χ2n) is 6.20. The third-order valence-corrected chi connectivity index (χ3v) is 5.03. The zero-order chi connectivity index (χ0) is 21.2. The quantitative estimate of drug-likeness (QED) is 0.547. The number of hydrogen-bond donors (Lipinski definition) is 3. The third kappa shape index (κ3) is 7.04. The summed E-state index contributed by atoms with van der Waals surface area (Å²) < 4.78 is 0. The van der Waals surface area contributed by atoms with E-state index < -0.39 is 5.91 Å². The van der Waals surface area contributed by atoms with Crippen LogP contribution in [0.5, 0.6) is 0 Å². The summed E-state index contributed by atoms with van der Waals surface area (Å²) >= 11 is 1.34. The van der Waals surface area contributed by atoms with Crippen LogP contribution in [0.2, 0.25) is 0 Å². The van der Waals surface area contributed by atoms with Crippen molar-refractivity contribution in [2.24, 2.45) is 5.73 Å². The number of thiophene rings is 1. The van der Waals surface area contributed by atoms with Gasteiger partial charge in [0.25, 0.3) is 5.91 Å². The molecule has 0 saturated heterocycles. The van der Waals surface area contributed by atoms with Gasteiger partial charge < -0.3 is 21.3 Å². The molecule has 1 aromatic heterocycles. The lowest BCUT2D eigenvalue weighted by Gasteiger charge is -2.20. The highest BCUT2D eigenvalue weighted by Crippen LogP contribution is 2.10. The molecule has 29 heavy (non-hydrogen) atoms. The van der Waals surface area contributed by atoms with Gasteiger partial charge in [0, 0.05) is 43.7 Å². The molecule has 0 fully saturated rings. The van der Waals surface area contributed by atoms with Gasteiger partial charge in [0.15, 0.2) is 0 Å². The standard InChI is InChI=1S/C20H24N4O4S/c1-2-24(18(26)9-11-22-20(28)16-4-3-13-29-16)12-10-17(25)23-15-7-5-14(6-8-15)19(21)27/h3-8,13H,2,9-12H2,1H3,(H2,21,27)(H,22,28)(H,23,25). The Balaban J connectivity index is 1.73. The van der Waals surface area contributed by atoms with E-state index in [1.165, 1.54) is 23.5 Å². The maximum absolute atomic E-state index is 12.3. The van der Waals surface area contributed by atoms with Crippen LogP contribution >= 0.6 is 11.3 Å². The van der Waals surface area contributed by atoms with Gasteiger partial charge in [0.1, 0.15) is 0 Å². The molecule has 4 amide bonds. The lowest BCUT2D eigenvalue weighted by atomic mass is 10.2. The zero-order valence-electron chi connectivity index (χ0n) is 16.1. The normalized spacial score (nSPS) is 10.2. The molecule has 154 valence electrons. The molecular formula is C20H24N4O4S. The fourth-order valence-corrected chi connectivity index (χ4v) is 3.21. The molecule has 2 aromatic rings. The van der Waals surface area contributed by atoms with Gasteiger partial charge in [-0.25, -0.2) is 0 Å². The van der Waals surface area contributed by atoms with E-state index in [2.05, 4.69) is 10.6 Å². The second-order valence-corrected chi connectivity index (χ2v) is 7.14. The average molecular weight is 417 g/mol. The predicted octanol–water partition coefficient (Wildman–Crippen LogP) is 1.84. The van der Waals surface area contributed by atoms with Gasteiger partial charge in [-0.05, 0) is 42.6 Å². The largest absolute Gasteiger partial charge is 0.366 e. The van der Waals surface area contributed by atoms with E-state index in [0.29, 0.717) is 22.7 Å². The topological polar surface area (TPSA) is 122 Å². The first-order valence-corrected chi connectivity index (χ1v) is 10.1. The summed E-state index contributed by atoms with van der Waals surface area (Å²) in [7, 11) is 0. The Hall–Kier alpha value is -3.20. The number of carbonyl (C=O) groups excluding carboxylic acids is 4. The zero-order valence-corrected chi connectivity index (χ0v) is 17.0. The number of nitrogens with one attached hydrogen (secondary N) is 2. The van der Waals surface area contributed by atoms with Gasteiger partial charge in [-0.15, -0.1) is 11.3 Å². The average Bonchev–Trinajstić information content (AvgIpc) is 3.23. The Morgan fingerprint density at radius 3 is 2.38 bits per heavy atom. The van der Waals surface area contributed by atoms with Crippen molar-refractivity contribution in [3.63, 3.8) is 0 Å². The Labute approximate surface area is 173 Å². The molecule has 0 bridgehead atoms. The minimum Gasteiger partial charge on any atom is -0.366 e. The Kier molecular flexibility index (Phi) is 8.35. The molecule has 0 aliphatic heterocycles. The molecule has 2 rings (SSSR count). The van der Waals surface area contributed by atoms with Gasteiger partial charge in [0.05, 0.1) is 4.88 Å². The van der Waals surface area contributed by atoms with Crippen LogP contribution in [0, 0.1) is 0 Å². The second kappa shape index (κ2) is 11.0. The lowest BCUT2D eigenvalue weighted by molar-refractivity contribution is -0.131. The number of amides is 4. The van der Waals surface area contributed by atoms with E-state index in [-0.39, 0.29) is 43.7 Å². The number of anilines is 1. The summed E-state index contributed by atoms with van der Waals surface area (Å²) in [4.78, 5) is 49.5. The molecule has 0 spiro atoms. The highest BCUT2D eigenvalue weighted by molar-refractivity contribution is 7.12. The van der Waals surface area contributed by atoms with Crippen molar-refractivity contribution in [2.45, 2.75) is 19.8 Å². The fraction of sp³-hybridized carbons (Fsp3) is 0.300. The Morgan fingerprint density at radius 2 is 1.79 bits per heavy atom. The van der Waals surface area contributed by atoms with Crippen LogP contribution in [0.15, 0.2) is 41.8 Å². The SMILES string of the molecule is CCN(CCC(=O)Nc1ccc(C(N)=O)cc1)C(=O)CCNC(=O)c1cccs1. The van der Waals surface area contributed by atoms with Gasteiger partial charge in [0.2, 0.25) is 17.7 Å². The maximum atomic E-state index is 12.3. The summed E-state index contributed by atoms with van der Waals surface area (Å²) in [5.41, 5.74) is 6.08. The predicted molar refractivity (Wildman–Crippen MR) is 112 cm³/mol. The van der Waals surface area contributed by atoms with Crippen molar-refractivity contribution in [2.75, 3.05) is 25.0 Å². The minimum absolute atomic E-state index is 0.127. The Bertz CT molecular complexity index is 850. The minimum atomic E-state index is -0.536.